The fourth-order valence-corrected chi connectivity index (χ4v) is 1.74. The molecular formula is C14H18N4O. The lowest BCUT2D eigenvalue weighted by Crippen LogP contribution is -2.25. The molecule has 3 N–H and O–H groups in total. The number of hydrogen-bond acceptors (Lipinski definition) is 3. The average Bonchev–Trinajstić information content (AvgIpc) is 2.89. The number of hydrogen-bond donors (Lipinski definition) is 2. The van der Waals surface area contributed by atoms with Crippen molar-refractivity contribution >= 4 is 5.91 Å². The van der Waals surface area contributed by atoms with Crippen molar-refractivity contribution in [2.75, 3.05) is 13.1 Å². The fraction of sp³-hybridized carbons (Fsp3) is 0.286. The number of amides is 1. The van der Waals surface area contributed by atoms with Gasteiger partial charge in [0.25, 0.3) is 5.91 Å². The van der Waals surface area contributed by atoms with E-state index in [-0.39, 0.29) is 5.91 Å². The van der Waals surface area contributed by atoms with Crippen molar-refractivity contribution in [3.63, 3.8) is 0 Å². The Morgan fingerprint density at radius 1 is 1.32 bits per heavy atom. The van der Waals surface area contributed by atoms with Gasteiger partial charge < -0.3 is 11.1 Å². The van der Waals surface area contributed by atoms with Crippen LogP contribution >= 0.6 is 0 Å². The Morgan fingerprint density at radius 2 is 2.11 bits per heavy atom. The Labute approximate surface area is 112 Å². The molecule has 0 saturated heterocycles. The average molecular weight is 258 g/mol. The zero-order valence-electron chi connectivity index (χ0n) is 10.7. The van der Waals surface area contributed by atoms with Gasteiger partial charge in [-0.05, 0) is 18.5 Å². The summed E-state index contributed by atoms with van der Waals surface area (Å²) in [7, 11) is 0. The molecule has 0 fully saturated rings. The highest BCUT2D eigenvalue weighted by molar-refractivity contribution is 5.93. The van der Waals surface area contributed by atoms with Crippen molar-refractivity contribution in [3.8, 4) is 0 Å². The molecule has 1 heterocycles. The van der Waals surface area contributed by atoms with Gasteiger partial charge in [-0.2, -0.15) is 5.10 Å². The van der Waals surface area contributed by atoms with Crippen LogP contribution in [0.5, 0.6) is 0 Å². The molecule has 1 amide bonds. The molecule has 1 aromatic heterocycles. The normalized spacial score (nSPS) is 10.4. The molecule has 0 radical (unpaired) electrons. The summed E-state index contributed by atoms with van der Waals surface area (Å²) in [6.07, 6.45) is 4.12. The molecule has 0 atom stereocenters. The summed E-state index contributed by atoms with van der Waals surface area (Å²) in [6, 6.07) is 10.0. The highest BCUT2D eigenvalue weighted by Gasteiger charge is 2.07. The summed E-state index contributed by atoms with van der Waals surface area (Å²) < 4.78 is 1.76. The van der Waals surface area contributed by atoms with Gasteiger partial charge in [0.2, 0.25) is 0 Å². The lowest BCUT2D eigenvalue weighted by molar-refractivity contribution is 0.0953. The van der Waals surface area contributed by atoms with Gasteiger partial charge in [0.05, 0.1) is 18.3 Å². The second-order valence-electron chi connectivity index (χ2n) is 4.31. The minimum absolute atomic E-state index is 0.104. The van der Waals surface area contributed by atoms with E-state index in [1.807, 2.05) is 30.3 Å². The quantitative estimate of drug-likeness (QED) is 0.759. The third-order valence-electron chi connectivity index (χ3n) is 2.75. The summed E-state index contributed by atoms with van der Waals surface area (Å²) in [6.45, 7) is 1.84. The number of nitrogens with zero attached hydrogens (tertiary/aromatic N) is 2. The van der Waals surface area contributed by atoms with Crippen molar-refractivity contribution in [2.24, 2.45) is 5.73 Å². The molecule has 0 saturated carbocycles. The van der Waals surface area contributed by atoms with Crippen LogP contribution in [-0.4, -0.2) is 28.8 Å². The largest absolute Gasteiger partial charge is 0.352 e. The van der Waals surface area contributed by atoms with Crippen LogP contribution in [0.1, 0.15) is 22.3 Å². The predicted molar refractivity (Wildman–Crippen MR) is 73.8 cm³/mol. The van der Waals surface area contributed by atoms with E-state index in [0.29, 0.717) is 25.2 Å². The van der Waals surface area contributed by atoms with Crippen molar-refractivity contribution in [2.45, 2.75) is 13.0 Å². The number of carbonyl (C=O) groups excluding carboxylic acids is 1. The SMILES string of the molecule is NCCCNC(=O)c1cnn(Cc2ccccc2)c1. The predicted octanol–water partition coefficient (Wildman–Crippen LogP) is 1.01. The number of carbonyl (C=O) groups is 1. The number of nitrogens with one attached hydrogen (secondary N) is 1. The van der Waals surface area contributed by atoms with Crippen molar-refractivity contribution in [1.82, 2.24) is 15.1 Å². The van der Waals surface area contributed by atoms with E-state index in [4.69, 9.17) is 5.73 Å². The van der Waals surface area contributed by atoms with Gasteiger partial charge in [-0.1, -0.05) is 30.3 Å². The standard InChI is InChI=1S/C14H18N4O/c15-7-4-8-16-14(19)13-9-17-18(11-13)10-12-5-2-1-3-6-12/h1-3,5-6,9,11H,4,7-8,10,15H2,(H,16,19). The van der Waals surface area contributed by atoms with Gasteiger partial charge in [-0.3, -0.25) is 9.48 Å². The Morgan fingerprint density at radius 3 is 2.84 bits per heavy atom. The number of rotatable bonds is 6. The molecule has 0 spiro atoms. The molecular weight excluding hydrogens is 240 g/mol. The van der Waals surface area contributed by atoms with Crippen LogP contribution in [0.2, 0.25) is 0 Å². The second-order valence-corrected chi connectivity index (χ2v) is 4.31. The molecule has 0 unspecified atom stereocenters. The van der Waals surface area contributed by atoms with E-state index >= 15 is 0 Å². The first-order valence-electron chi connectivity index (χ1n) is 6.34. The summed E-state index contributed by atoms with van der Waals surface area (Å²) >= 11 is 0. The number of benzene rings is 1. The molecule has 0 aliphatic carbocycles. The zero-order valence-corrected chi connectivity index (χ0v) is 10.7. The Kier molecular flexibility index (Phi) is 4.69. The van der Waals surface area contributed by atoms with Crippen LogP contribution in [0, 0.1) is 0 Å². The topological polar surface area (TPSA) is 72.9 Å². The summed E-state index contributed by atoms with van der Waals surface area (Å²) in [5, 5.41) is 7.00. The van der Waals surface area contributed by atoms with Gasteiger partial charge in [0.15, 0.2) is 0 Å². The van der Waals surface area contributed by atoms with Gasteiger partial charge in [-0.25, -0.2) is 0 Å². The summed E-state index contributed by atoms with van der Waals surface area (Å²) in [4.78, 5) is 11.8. The lowest BCUT2D eigenvalue weighted by atomic mass is 10.2. The molecule has 5 nitrogen and oxygen atoms in total. The third-order valence-corrected chi connectivity index (χ3v) is 2.75. The smallest absolute Gasteiger partial charge is 0.254 e. The Balaban J connectivity index is 1.93. The number of nitrogens with two attached hydrogens (primary N) is 1. The zero-order chi connectivity index (χ0) is 13.5. The van der Waals surface area contributed by atoms with Gasteiger partial charge in [-0.15, -0.1) is 0 Å². The summed E-state index contributed by atoms with van der Waals surface area (Å²) in [5.74, 6) is -0.104. The van der Waals surface area contributed by atoms with E-state index in [1.165, 1.54) is 0 Å². The van der Waals surface area contributed by atoms with Crippen molar-refractivity contribution in [3.05, 3.63) is 53.9 Å². The second kappa shape index (κ2) is 6.70. The van der Waals surface area contributed by atoms with E-state index in [9.17, 15) is 4.79 Å². The van der Waals surface area contributed by atoms with Crippen LogP contribution in [0.3, 0.4) is 0 Å². The molecule has 2 rings (SSSR count). The van der Waals surface area contributed by atoms with Crippen LogP contribution in [0.15, 0.2) is 42.7 Å². The highest BCUT2D eigenvalue weighted by Crippen LogP contribution is 2.03. The maximum atomic E-state index is 11.8. The van der Waals surface area contributed by atoms with Crippen LogP contribution in [-0.2, 0) is 6.54 Å². The van der Waals surface area contributed by atoms with E-state index in [0.717, 1.165) is 12.0 Å². The van der Waals surface area contributed by atoms with Crippen LogP contribution in [0.25, 0.3) is 0 Å². The van der Waals surface area contributed by atoms with E-state index in [1.54, 1.807) is 17.1 Å². The van der Waals surface area contributed by atoms with Crippen LogP contribution < -0.4 is 11.1 Å². The first-order chi connectivity index (χ1) is 9.29. The first-order valence-corrected chi connectivity index (χ1v) is 6.34. The third kappa shape index (κ3) is 3.93. The maximum Gasteiger partial charge on any atom is 0.254 e. The lowest BCUT2D eigenvalue weighted by Gasteiger charge is -2.02. The maximum absolute atomic E-state index is 11.8. The molecule has 1 aromatic carbocycles. The van der Waals surface area contributed by atoms with Gasteiger partial charge >= 0.3 is 0 Å². The molecule has 0 bridgehead atoms. The monoisotopic (exact) mass is 258 g/mol. The minimum Gasteiger partial charge on any atom is -0.352 e. The molecule has 19 heavy (non-hydrogen) atoms. The molecule has 0 aliphatic rings. The molecule has 0 aliphatic heterocycles. The van der Waals surface area contributed by atoms with E-state index < -0.39 is 0 Å². The Bertz CT molecular complexity index is 521. The van der Waals surface area contributed by atoms with E-state index in [2.05, 4.69) is 10.4 Å². The van der Waals surface area contributed by atoms with Gasteiger partial charge in [0, 0.05) is 12.7 Å². The Hall–Kier alpha value is -2.14. The van der Waals surface area contributed by atoms with Crippen molar-refractivity contribution < 1.29 is 4.79 Å². The number of aromatic nitrogens is 2. The van der Waals surface area contributed by atoms with Crippen molar-refractivity contribution in [1.29, 1.82) is 0 Å². The first kappa shape index (κ1) is 13.3. The molecule has 2 aromatic rings. The molecule has 5 heteroatoms. The highest BCUT2D eigenvalue weighted by atomic mass is 16.1. The fourth-order valence-electron chi connectivity index (χ4n) is 1.74. The van der Waals surface area contributed by atoms with Gasteiger partial charge in [0.1, 0.15) is 0 Å². The van der Waals surface area contributed by atoms with Crippen LogP contribution in [0.4, 0.5) is 0 Å². The minimum atomic E-state index is -0.104. The summed E-state index contributed by atoms with van der Waals surface area (Å²) in [5.41, 5.74) is 7.11. The molecule has 100 valence electrons.